The molecule has 0 aromatic rings. The molecule has 0 rings (SSSR count). The lowest BCUT2D eigenvalue weighted by Gasteiger charge is -2.26. The molecule has 0 heterocycles. The maximum atomic E-state index is 13.5. The monoisotopic (exact) mass is 1270 g/mol. The van der Waals surface area contributed by atoms with Gasteiger partial charge in [-0.2, -0.15) is 29.9 Å². The van der Waals surface area contributed by atoms with Gasteiger partial charge in [0.1, 0.15) is 45.4 Å². The first-order valence-corrected chi connectivity index (χ1v) is 37.6. The average molecular weight is 1270 g/mol. The minimum atomic E-state index is -4.67. The number of aliphatic hydroxyl groups is 1. The van der Waals surface area contributed by atoms with Gasteiger partial charge in [-0.25, -0.2) is 0 Å². The lowest BCUT2D eigenvalue weighted by molar-refractivity contribution is -0.257. The van der Waals surface area contributed by atoms with Crippen LogP contribution in [0.5, 0.6) is 0 Å². The van der Waals surface area contributed by atoms with E-state index >= 15 is 0 Å². The van der Waals surface area contributed by atoms with Gasteiger partial charge in [0.25, 0.3) is 0 Å². The molecule has 86 heavy (non-hydrogen) atoms. The lowest BCUT2D eigenvalue weighted by atomic mass is 10.1. The van der Waals surface area contributed by atoms with E-state index in [-0.39, 0.29) is 25.7 Å². The summed E-state index contributed by atoms with van der Waals surface area (Å²) in [6.07, 6.45) is 45.8. The minimum absolute atomic E-state index is 0.117. The fourth-order valence-electron chi connectivity index (χ4n) is 9.92. The summed E-state index contributed by atoms with van der Waals surface area (Å²) in [5, 5.41) is 10.8. The largest absolute Gasteiger partial charge is 0.604 e. The maximum absolute atomic E-state index is 13.5. The Hall–Kier alpha value is -1.70. The molecule has 0 aromatic heterocycles. The Balaban J connectivity index is 5.41. The first kappa shape index (κ1) is 84.3. The van der Waals surface area contributed by atoms with Gasteiger partial charge in [0.15, 0.2) is 12.2 Å². The van der Waals surface area contributed by atoms with E-state index in [0.29, 0.717) is 25.7 Å². The Kier molecular flexibility index (Phi) is 60.9. The van der Waals surface area contributed by atoms with Gasteiger partial charge in [-0.1, -0.05) is 294 Å². The van der Waals surface area contributed by atoms with Crippen molar-refractivity contribution >= 4 is 40.2 Å². The number of hydrogen-bond donors (Lipinski definition) is 3. The zero-order valence-corrected chi connectivity index (χ0v) is 56.7. The number of carbonyl (C=O) groups is 4. The summed E-state index contributed by atoms with van der Waals surface area (Å²) in [7, 11) is -9.34. The first-order valence-electron chi connectivity index (χ1n) is 34.7. The third-order valence-electron chi connectivity index (χ3n) is 15.3. The minimum Gasteiger partial charge on any atom is -0.604 e. The molecular weight excluding hydrogens is 1140 g/mol. The SMILES string of the molecule is CCCCCCCCCCCCCC(=O)O[C@H](COC(=[O+])CCCCCCCCCCCCC)CO[P+]([O-])(ON)OCC(O)CO[P+]([O-])(ON)OC[C@@H](COC(=[O+])CCCCCCCCCCCCC)OC(=O)CCCCCCCCCCCCC. The first-order chi connectivity index (χ1) is 41.8. The van der Waals surface area contributed by atoms with E-state index in [9.17, 15) is 34.1 Å². The molecule has 2 unspecified atom stereocenters. The van der Waals surface area contributed by atoms with Crippen LogP contribution >= 0.6 is 16.3 Å². The van der Waals surface area contributed by atoms with Crippen molar-refractivity contribution in [2.75, 3.05) is 39.6 Å². The van der Waals surface area contributed by atoms with Crippen molar-refractivity contribution in [2.45, 2.75) is 354 Å². The second-order valence-corrected chi connectivity index (χ2v) is 26.9. The topological polar surface area (TPSA) is 285 Å². The maximum Gasteiger partial charge on any atom is 0.574 e. The van der Waals surface area contributed by atoms with E-state index in [2.05, 4.69) is 36.9 Å². The van der Waals surface area contributed by atoms with Crippen molar-refractivity contribution in [3.8, 4) is 0 Å². The Labute approximate surface area is 524 Å². The fraction of sp³-hybridized carbons (Fsp3) is 0.938. The van der Waals surface area contributed by atoms with Crippen LogP contribution in [-0.4, -0.2) is 86.9 Å². The molecule has 5 N–H and O–H groups in total. The van der Waals surface area contributed by atoms with Crippen LogP contribution in [0.2, 0.25) is 0 Å². The zero-order chi connectivity index (χ0) is 63.3. The molecular formula is C65H128N2O17P2+2. The quantitative estimate of drug-likeness (QED) is 0.0127. The van der Waals surface area contributed by atoms with Crippen LogP contribution in [0.4, 0.5) is 0 Å². The number of aliphatic hydroxyl groups excluding tert-OH is 1. The Morgan fingerprint density at radius 3 is 0.791 bits per heavy atom. The summed E-state index contributed by atoms with van der Waals surface area (Å²) in [4.78, 5) is 78.6. The molecule has 0 aromatic carbocycles. The predicted molar refractivity (Wildman–Crippen MR) is 340 cm³/mol. The van der Waals surface area contributed by atoms with Gasteiger partial charge >= 0.3 is 40.2 Å². The van der Waals surface area contributed by atoms with Crippen LogP contribution < -0.4 is 21.6 Å². The number of phosphoric ester groups is 2. The normalized spacial score (nSPS) is 14.1. The third-order valence-corrected chi connectivity index (χ3v) is 17.7. The highest BCUT2D eigenvalue weighted by Crippen LogP contribution is 2.53. The number of hydrogen-bond acceptors (Lipinski definition) is 19. The molecule has 0 spiro atoms. The molecule has 4 atom stereocenters. The summed E-state index contributed by atoms with van der Waals surface area (Å²) in [5.41, 5.74) is 0. The molecule has 0 aliphatic carbocycles. The molecule has 21 heteroatoms. The molecule has 0 fully saturated rings. The van der Waals surface area contributed by atoms with Gasteiger partial charge in [-0.05, 0) is 25.7 Å². The van der Waals surface area contributed by atoms with Crippen LogP contribution in [0.25, 0.3) is 0 Å². The van der Waals surface area contributed by atoms with Gasteiger partial charge in [-0.3, -0.25) is 9.59 Å². The van der Waals surface area contributed by atoms with Gasteiger partial charge in [0.2, 0.25) is 13.2 Å². The molecule has 2 radical (unpaired) electrons. The molecule has 0 aliphatic rings. The third kappa shape index (κ3) is 56.3. The second-order valence-electron chi connectivity index (χ2n) is 23.7. The molecule has 19 nitrogen and oxygen atoms in total. The van der Waals surface area contributed by atoms with E-state index in [4.69, 9.17) is 48.8 Å². The van der Waals surface area contributed by atoms with Crippen LogP contribution in [0.3, 0.4) is 0 Å². The van der Waals surface area contributed by atoms with Gasteiger partial charge in [0.05, 0.1) is 0 Å². The lowest BCUT2D eigenvalue weighted by Crippen LogP contribution is -2.34. The van der Waals surface area contributed by atoms with Crippen molar-refractivity contribution in [3.63, 3.8) is 0 Å². The van der Waals surface area contributed by atoms with E-state index in [1.807, 2.05) is 0 Å². The van der Waals surface area contributed by atoms with E-state index in [1.54, 1.807) is 0 Å². The highest BCUT2D eigenvalue weighted by Gasteiger charge is 2.40. The Bertz CT molecular complexity index is 1440. The Morgan fingerprint density at radius 1 is 0.349 bits per heavy atom. The second kappa shape index (κ2) is 62.1. The number of unbranched alkanes of at least 4 members (excludes halogenated alkanes) is 40. The van der Waals surface area contributed by atoms with Crippen molar-refractivity contribution in [2.24, 2.45) is 11.8 Å². The van der Waals surface area contributed by atoms with Gasteiger partial charge in [-0.15, -0.1) is 0 Å². The highest BCUT2D eigenvalue weighted by molar-refractivity contribution is 7.54. The molecule has 0 bridgehead atoms. The number of nitrogens with two attached hydrogens (primary N) is 2. The van der Waals surface area contributed by atoms with Gasteiger partial charge < -0.3 is 33.8 Å². The summed E-state index contributed by atoms with van der Waals surface area (Å²) in [6.45, 7) is 5.22. The standard InChI is InChI=1S/C65H128N2O17P2/c1-5-9-13-17-21-25-29-33-37-41-45-49-62(69)75-55-60(81-64(71)51-47-43-39-35-31-27-23-19-15-11-7-3)57-79-85(73,83-66)77-53-59(68)54-78-86(74,84-67)80-58-61(82-65(72)52-48-44-40-36-32-28-24-20-16-12-8-4)56-76-63(70)50-46-42-38-34-30-26-22-18-14-10-6-2/h59-61,68H,5-58,66-67H2,1-4H3/q+2/t59?,60-,61-,85?,86?/m1/s1. The molecule has 0 saturated heterocycles. The number of ether oxygens (including phenoxy) is 4. The fourth-order valence-corrected chi connectivity index (χ4v) is 11.7. The summed E-state index contributed by atoms with van der Waals surface area (Å²) < 4.78 is 52.6. The summed E-state index contributed by atoms with van der Waals surface area (Å²) in [6, 6.07) is 0. The van der Waals surface area contributed by atoms with Crippen molar-refractivity contribution in [1.29, 1.82) is 0 Å². The summed E-state index contributed by atoms with van der Waals surface area (Å²) >= 11 is 0. The van der Waals surface area contributed by atoms with Crippen molar-refractivity contribution in [3.05, 3.63) is 0 Å². The number of rotatable bonds is 68. The van der Waals surface area contributed by atoms with Crippen LogP contribution in [0.15, 0.2) is 0 Å². The number of esters is 4. The van der Waals surface area contributed by atoms with Gasteiger partial charge in [0, 0.05) is 22.4 Å². The van der Waals surface area contributed by atoms with Crippen molar-refractivity contribution < 1.29 is 80.4 Å². The molecule has 0 saturated carbocycles. The molecule has 0 aliphatic heterocycles. The Morgan fingerprint density at radius 2 is 0.558 bits per heavy atom. The smallest absolute Gasteiger partial charge is 0.574 e. The van der Waals surface area contributed by atoms with Crippen molar-refractivity contribution in [1.82, 2.24) is 0 Å². The van der Waals surface area contributed by atoms with Crippen LogP contribution in [-0.2, 0) is 65.5 Å². The highest BCUT2D eigenvalue weighted by atomic mass is 31.2. The molecule has 0 amide bonds. The number of phosphoric acid groups is 2. The molecule has 508 valence electrons. The van der Waals surface area contributed by atoms with Crippen LogP contribution in [0, 0.1) is 0 Å². The number of carbonyl (C=O) groups excluding carboxylic acids is 4. The van der Waals surface area contributed by atoms with E-state index in [1.165, 1.54) is 167 Å². The predicted octanol–water partition coefficient (Wildman–Crippen LogP) is 16.0. The summed E-state index contributed by atoms with van der Waals surface area (Å²) in [5.74, 6) is 8.62. The zero-order valence-electron chi connectivity index (χ0n) is 54.9. The van der Waals surface area contributed by atoms with Crippen LogP contribution in [0.1, 0.15) is 336 Å². The van der Waals surface area contributed by atoms with E-state index in [0.717, 1.165) is 89.9 Å². The van der Waals surface area contributed by atoms with E-state index < -0.39 is 98.2 Å². The average Bonchev–Trinajstić information content (AvgIpc) is 3.63.